The molecule has 0 spiro atoms. The molecule has 0 aromatic rings. The topological polar surface area (TPSA) is 57.5 Å². The van der Waals surface area contributed by atoms with Crippen LogP contribution in [0.2, 0.25) is 0 Å². The predicted octanol–water partition coefficient (Wildman–Crippen LogP) is 3.46. The van der Waals surface area contributed by atoms with Gasteiger partial charge < -0.3 is 9.79 Å². The van der Waals surface area contributed by atoms with Gasteiger partial charge >= 0.3 is 13.8 Å². The highest BCUT2D eigenvalue weighted by molar-refractivity contribution is 7.53. The van der Waals surface area contributed by atoms with Crippen molar-refractivity contribution in [3.63, 3.8) is 0 Å². The third-order valence-corrected chi connectivity index (χ3v) is 5.56. The minimum atomic E-state index is -4.77. The lowest BCUT2D eigenvalue weighted by molar-refractivity contribution is -0.145. The molecule has 1 fully saturated rings. The van der Waals surface area contributed by atoms with Gasteiger partial charge in [0.15, 0.2) is 0 Å². The molecular weight excluding hydrogens is 256 g/mol. The fourth-order valence-corrected chi connectivity index (χ4v) is 3.73. The van der Waals surface area contributed by atoms with Crippen LogP contribution in [0.1, 0.15) is 45.4 Å². The van der Waals surface area contributed by atoms with Crippen LogP contribution in [0.25, 0.3) is 0 Å². The van der Waals surface area contributed by atoms with Crippen LogP contribution in [0.5, 0.6) is 0 Å². The second kappa shape index (κ2) is 4.90. The van der Waals surface area contributed by atoms with Crippen molar-refractivity contribution in [3.8, 4) is 0 Å². The zero-order chi connectivity index (χ0) is 13.3. The van der Waals surface area contributed by atoms with E-state index in [1.807, 2.05) is 0 Å². The maximum atomic E-state index is 12.5. The third-order valence-electron chi connectivity index (χ3n) is 3.71. The summed E-state index contributed by atoms with van der Waals surface area (Å²) in [6, 6.07) is 0. The van der Waals surface area contributed by atoms with Crippen molar-refractivity contribution in [2.24, 2.45) is 5.92 Å². The number of halogens is 3. The molecule has 1 aliphatic carbocycles. The maximum absolute atomic E-state index is 12.5. The number of hydrogen-bond acceptors (Lipinski definition) is 1. The van der Waals surface area contributed by atoms with E-state index >= 15 is 0 Å². The van der Waals surface area contributed by atoms with Gasteiger partial charge in [0.1, 0.15) is 0 Å². The van der Waals surface area contributed by atoms with Gasteiger partial charge in [0.25, 0.3) is 0 Å². The van der Waals surface area contributed by atoms with E-state index in [0.29, 0.717) is 12.8 Å². The normalized spacial score (nSPS) is 23.4. The van der Waals surface area contributed by atoms with Crippen molar-refractivity contribution in [1.82, 2.24) is 0 Å². The molecule has 0 radical (unpaired) electrons. The SMILES string of the molecule is CC(CC(F)(F)F)(C1CCCCC1)P(=O)(O)O. The molecule has 0 heterocycles. The van der Waals surface area contributed by atoms with E-state index in [-0.39, 0.29) is 0 Å². The molecule has 7 heteroatoms. The Hall–Kier alpha value is -0.0600. The highest BCUT2D eigenvalue weighted by Crippen LogP contribution is 2.61. The van der Waals surface area contributed by atoms with Gasteiger partial charge in [-0.2, -0.15) is 13.2 Å². The summed E-state index contributed by atoms with van der Waals surface area (Å²) >= 11 is 0. The van der Waals surface area contributed by atoms with Crippen LogP contribution in [0, 0.1) is 5.92 Å². The second-order valence-electron chi connectivity index (χ2n) is 5.03. The molecule has 2 N–H and O–H groups in total. The summed E-state index contributed by atoms with van der Waals surface area (Å²) < 4.78 is 48.9. The molecule has 3 nitrogen and oxygen atoms in total. The highest BCUT2D eigenvalue weighted by atomic mass is 31.2. The number of alkyl halides is 3. The van der Waals surface area contributed by atoms with Crippen molar-refractivity contribution in [2.75, 3.05) is 0 Å². The molecule has 1 rings (SSSR count). The molecule has 1 atom stereocenters. The summed E-state index contributed by atoms with van der Waals surface area (Å²) in [4.78, 5) is 18.5. The van der Waals surface area contributed by atoms with Gasteiger partial charge in [-0.3, -0.25) is 4.57 Å². The summed E-state index contributed by atoms with van der Waals surface area (Å²) in [5.74, 6) is -0.543. The average Bonchev–Trinajstić information content (AvgIpc) is 2.14. The largest absolute Gasteiger partial charge is 0.390 e. The lowest BCUT2D eigenvalue weighted by Crippen LogP contribution is -2.40. The molecule has 0 amide bonds. The van der Waals surface area contributed by atoms with Gasteiger partial charge in [-0.25, -0.2) is 0 Å². The van der Waals surface area contributed by atoms with Crippen molar-refractivity contribution in [3.05, 3.63) is 0 Å². The van der Waals surface area contributed by atoms with Gasteiger partial charge in [0, 0.05) is 0 Å². The first-order chi connectivity index (χ1) is 7.56. The molecule has 0 aromatic carbocycles. The van der Waals surface area contributed by atoms with Crippen LogP contribution in [0.4, 0.5) is 13.2 Å². The summed E-state index contributed by atoms with van der Waals surface area (Å²) in [6.45, 7) is 1.08. The van der Waals surface area contributed by atoms with Crippen LogP contribution >= 0.6 is 7.60 Å². The fourth-order valence-electron chi connectivity index (χ4n) is 2.62. The van der Waals surface area contributed by atoms with Gasteiger partial charge in [-0.15, -0.1) is 0 Å². The van der Waals surface area contributed by atoms with Gasteiger partial charge in [0.05, 0.1) is 11.6 Å². The van der Waals surface area contributed by atoms with Crippen LogP contribution < -0.4 is 0 Å². The third kappa shape index (κ3) is 3.70. The monoisotopic (exact) mass is 274 g/mol. The van der Waals surface area contributed by atoms with Gasteiger partial charge in [0.2, 0.25) is 0 Å². The Labute approximate surface area is 98.6 Å². The predicted molar refractivity (Wildman–Crippen MR) is 57.7 cm³/mol. The van der Waals surface area contributed by atoms with E-state index in [4.69, 9.17) is 0 Å². The zero-order valence-corrected chi connectivity index (χ0v) is 10.6. The van der Waals surface area contributed by atoms with Crippen LogP contribution in [0.15, 0.2) is 0 Å². The lowest BCUT2D eigenvalue weighted by atomic mass is 9.78. The number of rotatable bonds is 3. The Morgan fingerprint density at radius 1 is 1.18 bits per heavy atom. The Balaban J connectivity index is 2.97. The first kappa shape index (κ1) is 15.0. The van der Waals surface area contributed by atoms with Gasteiger partial charge in [-0.05, 0) is 25.7 Å². The Morgan fingerprint density at radius 3 is 2.00 bits per heavy atom. The van der Waals surface area contributed by atoms with E-state index in [2.05, 4.69) is 0 Å². The van der Waals surface area contributed by atoms with E-state index in [9.17, 15) is 27.5 Å². The van der Waals surface area contributed by atoms with E-state index in [1.165, 1.54) is 0 Å². The van der Waals surface area contributed by atoms with Crippen LogP contribution in [0.3, 0.4) is 0 Å². The minimum Gasteiger partial charge on any atom is -0.324 e. The van der Waals surface area contributed by atoms with Crippen molar-refractivity contribution < 1.29 is 27.5 Å². The Bertz CT molecular complexity index is 306. The van der Waals surface area contributed by atoms with Crippen molar-refractivity contribution >= 4 is 7.60 Å². The zero-order valence-electron chi connectivity index (χ0n) is 9.70. The Morgan fingerprint density at radius 2 is 1.65 bits per heavy atom. The lowest BCUT2D eigenvalue weighted by Gasteiger charge is -2.40. The molecule has 0 bridgehead atoms. The molecule has 1 unspecified atom stereocenters. The molecule has 102 valence electrons. The molecule has 1 saturated carbocycles. The second-order valence-corrected chi connectivity index (χ2v) is 7.14. The number of hydrogen-bond donors (Lipinski definition) is 2. The van der Waals surface area contributed by atoms with Crippen molar-refractivity contribution in [2.45, 2.75) is 56.8 Å². The van der Waals surface area contributed by atoms with Crippen LogP contribution in [-0.4, -0.2) is 21.1 Å². The summed E-state index contributed by atoms with van der Waals surface area (Å²) in [5.41, 5.74) is 0. The molecule has 0 saturated heterocycles. The van der Waals surface area contributed by atoms with Crippen molar-refractivity contribution in [1.29, 1.82) is 0 Å². The Kier molecular flexibility index (Phi) is 4.33. The molecule has 17 heavy (non-hydrogen) atoms. The molecule has 1 aliphatic rings. The van der Waals surface area contributed by atoms with Crippen LogP contribution in [-0.2, 0) is 4.57 Å². The molecule has 0 aliphatic heterocycles. The standard InChI is InChI=1S/C10H18F3O3P/c1-9(17(14,15)16,7-10(11,12)13)8-5-3-2-4-6-8/h8H,2-7H2,1H3,(H2,14,15,16). The summed E-state index contributed by atoms with van der Waals surface area (Å²) in [6.07, 6.45) is -2.59. The summed E-state index contributed by atoms with van der Waals surface area (Å²) in [5, 5.41) is -1.97. The quantitative estimate of drug-likeness (QED) is 0.775. The van der Waals surface area contributed by atoms with Gasteiger partial charge in [-0.1, -0.05) is 19.3 Å². The first-order valence-corrected chi connectivity index (χ1v) is 7.30. The van der Waals surface area contributed by atoms with E-state index in [0.717, 1.165) is 26.2 Å². The first-order valence-electron chi connectivity index (χ1n) is 5.69. The highest BCUT2D eigenvalue weighted by Gasteiger charge is 2.54. The smallest absolute Gasteiger partial charge is 0.324 e. The fraction of sp³-hybridized carbons (Fsp3) is 1.00. The van der Waals surface area contributed by atoms with E-state index < -0.39 is 31.3 Å². The average molecular weight is 274 g/mol. The van der Waals surface area contributed by atoms with E-state index in [1.54, 1.807) is 0 Å². The summed E-state index contributed by atoms with van der Waals surface area (Å²) in [7, 11) is -4.77. The molecule has 0 aromatic heterocycles. The molecular formula is C10H18F3O3P. The maximum Gasteiger partial charge on any atom is 0.390 e. The minimum absolute atomic E-state index is 0.470.